The van der Waals surface area contributed by atoms with Crippen LogP contribution in [0, 0.1) is 5.92 Å². The lowest BCUT2D eigenvalue weighted by Gasteiger charge is -2.13. The number of nitrogens with one attached hydrogen (secondary N) is 2. The molecule has 2 heterocycles. The third kappa shape index (κ3) is 5.14. The van der Waals surface area contributed by atoms with Crippen molar-refractivity contribution >= 4 is 5.96 Å². The summed E-state index contributed by atoms with van der Waals surface area (Å²) in [7, 11) is 0. The summed E-state index contributed by atoms with van der Waals surface area (Å²) in [5.41, 5.74) is 0. The topological polar surface area (TPSA) is 76.4 Å². The van der Waals surface area contributed by atoms with Gasteiger partial charge in [0.05, 0.1) is 6.61 Å². The minimum Gasteiger partial charge on any atom is -0.381 e. The summed E-state index contributed by atoms with van der Waals surface area (Å²) >= 11 is 0. The molecule has 122 valence electrons. The zero-order valence-corrected chi connectivity index (χ0v) is 13.3. The highest BCUT2D eigenvalue weighted by atomic mass is 16.5. The predicted molar refractivity (Wildman–Crippen MR) is 86.8 cm³/mol. The number of aryl methyl sites for hydroxylation is 1. The minimum absolute atomic E-state index is 0.534. The van der Waals surface area contributed by atoms with Crippen LogP contribution in [0.4, 0.5) is 0 Å². The molecular formula is C15H26N6O. The number of ether oxygens (including phenoxy) is 1. The molecule has 0 radical (unpaired) electrons. The van der Waals surface area contributed by atoms with Gasteiger partial charge < -0.3 is 19.9 Å². The summed E-state index contributed by atoms with van der Waals surface area (Å²) in [6.07, 6.45) is 5.57. The Labute approximate surface area is 131 Å². The highest BCUT2D eigenvalue weighted by molar-refractivity contribution is 5.79. The van der Waals surface area contributed by atoms with Crippen molar-refractivity contribution in [2.75, 3.05) is 32.8 Å². The molecule has 0 saturated carbocycles. The zero-order valence-electron chi connectivity index (χ0n) is 13.3. The lowest BCUT2D eigenvalue weighted by molar-refractivity contribution is 0.187. The van der Waals surface area contributed by atoms with Gasteiger partial charge in [-0.1, -0.05) is 13.0 Å². The van der Waals surface area contributed by atoms with Crippen LogP contribution in [0.1, 0.15) is 19.2 Å². The van der Waals surface area contributed by atoms with Gasteiger partial charge in [-0.25, -0.2) is 0 Å². The second kappa shape index (κ2) is 9.19. The lowest BCUT2D eigenvalue weighted by Crippen LogP contribution is -2.39. The highest BCUT2D eigenvalue weighted by Crippen LogP contribution is 2.11. The van der Waals surface area contributed by atoms with E-state index in [9.17, 15) is 0 Å². The van der Waals surface area contributed by atoms with Crippen LogP contribution in [0.2, 0.25) is 0 Å². The van der Waals surface area contributed by atoms with Crippen LogP contribution in [0.5, 0.6) is 0 Å². The van der Waals surface area contributed by atoms with E-state index in [0.717, 1.165) is 57.5 Å². The van der Waals surface area contributed by atoms with E-state index in [4.69, 9.17) is 4.74 Å². The molecule has 2 rings (SSSR count). The molecule has 1 atom stereocenters. The smallest absolute Gasteiger partial charge is 0.191 e. The molecule has 1 aliphatic heterocycles. The van der Waals surface area contributed by atoms with Crippen molar-refractivity contribution in [1.82, 2.24) is 25.4 Å². The number of nitrogens with zero attached hydrogens (tertiary/aromatic N) is 4. The van der Waals surface area contributed by atoms with Gasteiger partial charge in [0.15, 0.2) is 5.96 Å². The summed E-state index contributed by atoms with van der Waals surface area (Å²) in [5, 5.41) is 14.6. The molecule has 7 heteroatoms. The Morgan fingerprint density at radius 2 is 2.50 bits per heavy atom. The summed E-state index contributed by atoms with van der Waals surface area (Å²) in [6, 6.07) is 0. The van der Waals surface area contributed by atoms with Crippen molar-refractivity contribution in [1.29, 1.82) is 0 Å². The Morgan fingerprint density at radius 1 is 1.59 bits per heavy atom. The van der Waals surface area contributed by atoms with Gasteiger partial charge >= 0.3 is 0 Å². The third-order valence-corrected chi connectivity index (χ3v) is 3.60. The molecule has 1 aliphatic rings. The Kier molecular flexibility index (Phi) is 6.89. The van der Waals surface area contributed by atoms with Crippen LogP contribution in [-0.4, -0.2) is 53.6 Å². The Balaban J connectivity index is 1.80. The number of hydrogen-bond donors (Lipinski definition) is 2. The molecule has 1 saturated heterocycles. The lowest BCUT2D eigenvalue weighted by atomic mass is 10.1. The summed E-state index contributed by atoms with van der Waals surface area (Å²) < 4.78 is 7.44. The normalized spacial score (nSPS) is 18.4. The van der Waals surface area contributed by atoms with Gasteiger partial charge in [0.2, 0.25) is 0 Å². The van der Waals surface area contributed by atoms with Crippen LogP contribution in [0.25, 0.3) is 0 Å². The van der Waals surface area contributed by atoms with E-state index in [0.29, 0.717) is 12.5 Å². The fourth-order valence-electron chi connectivity index (χ4n) is 2.33. The van der Waals surface area contributed by atoms with Gasteiger partial charge in [0.25, 0.3) is 0 Å². The number of rotatable bonds is 8. The quantitative estimate of drug-likeness (QED) is 0.418. The fourth-order valence-corrected chi connectivity index (χ4v) is 2.33. The maximum absolute atomic E-state index is 5.38. The first-order chi connectivity index (χ1) is 10.8. The average molecular weight is 306 g/mol. The van der Waals surface area contributed by atoms with E-state index in [-0.39, 0.29) is 0 Å². The van der Waals surface area contributed by atoms with Gasteiger partial charge in [-0.3, -0.25) is 4.99 Å². The number of hydrogen-bond acceptors (Lipinski definition) is 4. The van der Waals surface area contributed by atoms with Gasteiger partial charge in [-0.05, 0) is 6.42 Å². The first kappa shape index (κ1) is 16.5. The molecule has 0 bridgehead atoms. The van der Waals surface area contributed by atoms with Gasteiger partial charge in [-0.2, -0.15) is 0 Å². The molecule has 1 fully saturated rings. The molecular weight excluding hydrogens is 280 g/mol. The fraction of sp³-hybridized carbons (Fsp3) is 0.667. The van der Waals surface area contributed by atoms with Crippen molar-refractivity contribution in [3.8, 4) is 0 Å². The first-order valence-corrected chi connectivity index (χ1v) is 7.91. The summed E-state index contributed by atoms with van der Waals surface area (Å²) in [6.45, 7) is 10.6. The molecule has 0 aliphatic carbocycles. The van der Waals surface area contributed by atoms with Crippen molar-refractivity contribution < 1.29 is 4.74 Å². The van der Waals surface area contributed by atoms with Crippen LogP contribution in [0.15, 0.2) is 24.0 Å². The second-order valence-corrected chi connectivity index (χ2v) is 5.31. The van der Waals surface area contributed by atoms with Crippen molar-refractivity contribution in [3.63, 3.8) is 0 Å². The van der Waals surface area contributed by atoms with E-state index in [1.807, 2.05) is 6.08 Å². The third-order valence-electron chi connectivity index (χ3n) is 3.60. The van der Waals surface area contributed by atoms with Gasteiger partial charge in [-0.15, -0.1) is 16.8 Å². The van der Waals surface area contributed by atoms with E-state index in [1.165, 1.54) is 0 Å². The standard InChI is InChI=1S/C15H26N6O/c1-3-6-16-15(18-10-13-5-9-22-11-13)17-7-8-21-12-19-20-14(21)4-2/h3,12-13H,1,4-11H2,2H3,(H2,16,17,18). The van der Waals surface area contributed by atoms with E-state index >= 15 is 0 Å². The SMILES string of the molecule is C=CCNC(=NCC1CCOC1)NCCn1cnnc1CC. The van der Waals surface area contributed by atoms with Crippen LogP contribution < -0.4 is 10.6 Å². The summed E-state index contributed by atoms with van der Waals surface area (Å²) in [5.74, 6) is 2.35. The Morgan fingerprint density at radius 3 is 3.23 bits per heavy atom. The Bertz CT molecular complexity index is 478. The molecule has 1 aromatic rings. The Hall–Kier alpha value is -1.89. The van der Waals surface area contributed by atoms with Crippen LogP contribution in [0.3, 0.4) is 0 Å². The van der Waals surface area contributed by atoms with E-state index < -0.39 is 0 Å². The second-order valence-electron chi connectivity index (χ2n) is 5.31. The summed E-state index contributed by atoms with van der Waals surface area (Å²) in [4.78, 5) is 4.63. The van der Waals surface area contributed by atoms with Crippen molar-refractivity contribution in [3.05, 3.63) is 24.8 Å². The zero-order chi connectivity index (χ0) is 15.6. The minimum atomic E-state index is 0.534. The molecule has 0 amide bonds. The van der Waals surface area contributed by atoms with Gasteiger partial charge in [0.1, 0.15) is 12.2 Å². The number of guanidine groups is 1. The van der Waals surface area contributed by atoms with E-state index in [2.05, 4.69) is 43.9 Å². The highest BCUT2D eigenvalue weighted by Gasteiger charge is 2.15. The molecule has 0 spiro atoms. The molecule has 0 aromatic carbocycles. The molecule has 1 unspecified atom stereocenters. The molecule has 22 heavy (non-hydrogen) atoms. The molecule has 7 nitrogen and oxygen atoms in total. The van der Waals surface area contributed by atoms with Crippen LogP contribution >= 0.6 is 0 Å². The van der Waals surface area contributed by atoms with Crippen molar-refractivity contribution in [2.45, 2.75) is 26.3 Å². The van der Waals surface area contributed by atoms with Crippen molar-refractivity contribution in [2.24, 2.45) is 10.9 Å². The van der Waals surface area contributed by atoms with E-state index in [1.54, 1.807) is 6.33 Å². The maximum atomic E-state index is 5.38. The largest absolute Gasteiger partial charge is 0.381 e. The molecule has 1 aromatic heterocycles. The first-order valence-electron chi connectivity index (χ1n) is 7.91. The van der Waals surface area contributed by atoms with Crippen LogP contribution in [-0.2, 0) is 17.7 Å². The average Bonchev–Trinajstić information content (AvgIpc) is 3.20. The predicted octanol–water partition coefficient (Wildman–Crippen LogP) is 0.598. The number of aliphatic imine (C=N–C) groups is 1. The monoisotopic (exact) mass is 306 g/mol. The number of aromatic nitrogens is 3. The maximum Gasteiger partial charge on any atom is 0.191 e. The molecule has 2 N–H and O–H groups in total. The van der Waals surface area contributed by atoms with Gasteiger partial charge in [0, 0.05) is 45.1 Å².